The van der Waals surface area contributed by atoms with Crippen molar-refractivity contribution in [2.75, 3.05) is 23.0 Å². The van der Waals surface area contributed by atoms with Crippen LogP contribution in [0.1, 0.15) is 57.8 Å². The molecule has 3 atom stereocenters. The molecule has 3 rings (SSSR count). The third kappa shape index (κ3) is 5.37. The summed E-state index contributed by atoms with van der Waals surface area (Å²) < 4.78 is 0. The third-order valence-corrected chi connectivity index (χ3v) is 11.8. The Labute approximate surface area is 208 Å². The smallest absolute Gasteiger partial charge is 0.227 e. The lowest BCUT2D eigenvalue weighted by Crippen LogP contribution is -2.37. The van der Waals surface area contributed by atoms with Gasteiger partial charge in [-0.1, -0.05) is 38.5 Å². The zero-order chi connectivity index (χ0) is 24.7. The fourth-order valence-corrected chi connectivity index (χ4v) is 8.82. The zero-order valence-corrected chi connectivity index (χ0v) is 21.4. The fraction of sp³-hybridized carbons (Fsp3) is 0.500. The minimum atomic E-state index is -1.02. The molecule has 1 aliphatic heterocycles. The van der Waals surface area contributed by atoms with Gasteiger partial charge in [-0.3, -0.25) is 14.6 Å². The number of carbonyl (C=O) groups excluding carboxylic acids is 2. The van der Waals surface area contributed by atoms with Gasteiger partial charge in [0.2, 0.25) is 11.8 Å². The van der Waals surface area contributed by atoms with Gasteiger partial charge in [0.25, 0.3) is 0 Å². The van der Waals surface area contributed by atoms with Gasteiger partial charge in [0.15, 0.2) is 0 Å². The molecule has 5 nitrogen and oxygen atoms in total. The minimum Gasteiger partial charge on any atom is -0.357 e. The van der Waals surface area contributed by atoms with E-state index in [-0.39, 0.29) is 17.2 Å². The van der Waals surface area contributed by atoms with Gasteiger partial charge in [0.05, 0.1) is 26.8 Å². The topological polar surface area (TPSA) is 62.3 Å². The maximum atomic E-state index is 13.2. The maximum absolute atomic E-state index is 13.2. The van der Waals surface area contributed by atoms with Crippen molar-refractivity contribution >= 4 is 43.2 Å². The van der Waals surface area contributed by atoms with E-state index in [1.54, 1.807) is 18.5 Å². The quantitative estimate of drug-likeness (QED) is 0.384. The summed E-state index contributed by atoms with van der Waals surface area (Å²) in [5.41, 5.74) is 1.84. The highest BCUT2D eigenvalue weighted by atomic mass is 32.3. The number of para-hydroxylation sites is 1. The first kappa shape index (κ1) is 26.4. The number of carbonyl (C=O) groups is 2. The van der Waals surface area contributed by atoms with E-state index < -0.39 is 21.7 Å². The second-order valence-electron chi connectivity index (χ2n) is 8.79. The van der Waals surface area contributed by atoms with Crippen LogP contribution in [0.3, 0.4) is 0 Å². The molecule has 0 bridgehead atoms. The first-order valence-corrected chi connectivity index (χ1v) is 14.3. The number of rotatable bonds is 11. The molecular weight excluding hydrogens is 440 g/mol. The summed E-state index contributed by atoms with van der Waals surface area (Å²) in [5, 5.41) is 3.10. The van der Waals surface area contributed by atoms with Gasteiger partial charge >= 0.3 is 0 Å². The Morgan fingerprint density at radius 1 is 1.09 bits per heavy atom. The molecule has 34 heavy (non-hydrogen) atoms. The van der Waals surface area contributed by atoms with E-state index in [2.05, 4.69) is 54.2 Å². The molecule has 1 aromatic carbocycles. The molecule has 1 N–H and O–H groups in total. The molecule has 4 radical (unpaired) electrons. The molecule has 1 aromatic heterocycles. The second kappa shape index (κ2) is 12.0. The summed E-state index contributed by atoms with van der Waals surface area (Å²) >= 11 is 0. The van der Waals surface area contributed by atoms with E-state index in [1.165, 1.54) is 4.90 Å². The molecule has 0 fully saturated rings. The molecule has 0 aliphatic carbocycles. The number of unbranched alkanes of at least 4 members (excludes halogenated alkanes) is 2. The number of pyridine rings is 1. The van der Waals surface area contributed by atoms with Gasteiger partial charge < -0.3 is 10.2 Å². The Bertz CT molecular complexity index is 972. The van der Waals surface area contributed by atoms with Crippen LogP contribution < -0.4 is 10.2 Å². The molecule has 2 aromatic rings. The highest BCUT2D eigenvalue weighted by molar-refractivity contribution is 8.34. The first-order chi connectivity index (χ1) is 16.4. The summed E-state index contributed by atoms with van der Waals surface area (Å²) in [4.78, 5) is 33.0. The Morgan fingerprint density at radius 3 is 2.50 bits per heavy atom. The summed E-state index contributed by atoms with van der Waals surface area (Å²) in [6.07, 6.45) is 6.24. The van der Waals surface area contributed by atoms with Gasteiger partial charge in [-0.15, -0.1) is 0 Å². The van der Waals surface area contributed by atoms with E-state index in [0.717, 1.165) is 42.0 Å². The van der Waals surface area contributed by atoms with Crippen LogP contribution in [-0.2, 0) is 9.59 Å². The van der Waals surface area contributed by atoms with Crippen molar-refractivity contribution in [1.29, 1.82) is 0 Å². The van der Waals surface area contributed by atoms with Crippen LogP contribution in [-0.4, -0.2) is 55.9 Å². The first-order valence-electron chi connectivity index (χ1n) is 12.2. The van der Waals surface area contributed by atoms with Crippen LogP contribution in [0.15, 0.2) is 53.7 Å². The van der Waals surface area contributed by atoms with E-state index in [9.17, 15) is 9.59 Å². The Hall–Kier alpha value is -2.21. The van der Waals surface area contributed by atoms with E-state index in [0.29, 0.717) is 13.0 Å². The molecule has 2 amide bonds. The highest BCUT2D eigenvalue weighted by Gasteiger charge is 2.44. The van der Waals surface area contributed by atoms with Crippen molar-refractivity contribution < 1.29 is 9.59 Å². The van der Waals surface area contributed by atoms with Crippen molar-refractivity contribution in [3.8, 4) is 0 Å². The third-order valence-electron chi connectivity index (χ3n) is 7.00. The number of nitrogens with one attached hydrogen (secondary N) is 1. The average molecular weight is 475 g/mol. The van der Waals surface area contributed by atoms with Crippen molar-refractivity contribution in [1.82, 2.24) is 10.3 Å². The van der Waals surface area contributed by atoms with Crippen LogP contribution >= 0.6 is 10.0 Å². The maximum Gasteiger partial charge on any atom is 0.227 e. The standard InChI is InChI=1S/C26H35B2N3O2S/c1-4-34(5-2)19(3)31(21-13-8-9-14-22(21)34)23(32)15-7-6-10-17-30-26(33)25(28)24(27)20-12-11-16-29-18-20/h8-9,11-14,16,18-19,24-25H,4-7,10,15,17H2,1-3H3,(H,30,33). The predicted octanol–water partition coefficient (Wildman–Crippen LogP) is 4.52. The SMILES string of the molecule is [B]C(C(=O)NCCCCCC(=O)N1c2ccccc2S(CC)(CC)C1C)C([B])c1cccnc1. The minimum absolute atomic E-state index is 0.199. The molecule has 3 unspecified atom stereocenters. The number of hydrogen-bond acceptors (Lipinski definition) is 3. The summed E-state index contributed by atoms with van der Waals surface area (Å²) in [6.45, 7) is 7.24. The highest BCUT2D eigenvalue weighted by Crippen LogP contribution is 2.67. The zero-order valence-electron chi connectivity index (χ0n) is 20.6. The van der Waals surface area contributed by atoms with Gasteiger partial charge in [0, 0.05) is 30.3 Å². The van der Waals surface area contributed by atoms with Crippen molar-refractivity contribution in [2.24, 2.45) is 0 Å². The second-order valence-corrected chi connectivity index (χ2v) is 13.0. The lowest BCUT2D eigenvalue weighted by atomic mass is 9.63. The average Bonchev–Trinajstić information content (AvgIpc) is 3.13. The van der Waals surface area contributed by atoms with E-state index >= 15 is 0 Å². The molecule has 0 saturated carbocycles. The van der Waals surface area contributed by atoms with Crippen LogP contribution in [0, 0.1) is 0 Å². The van der Waals surface area contributed by atoms with Gasteiger partial charge in [0.1, 0.15) is 0 Å². The number of nitrogens with zero attached hydrogens (tertiary/aromatic N) is 2. The molecule has 2 heterocycles. The lowest BCUT2D eigenvalue weighted by molar-refractivity contribution is -0.121. The van der Waals surface area contributed by atoms with E-state index in [1.807, 2.05) is 12.1 Å². The van der Waals surface area contributed by atoms with Crippen LogP contribution in [0.5, 0.6) is 0 Å². The van der Waals surface area contributed by atoms with Crippen molar-refractivity contribution in [3.05, 3.63) is 54.4 Å². The predicted molar refractivity (Wildman–Crippen MR) is 144 cm³/mol. The molecule has 0 spiro atoms. The Kier molecular flexibility index (Phi) is 9.29. The summed E-state index contributed by atoms with van der Waals surface area (Å²) in [6, 6.07) is 12.0. The van der Waals surface area contributed by atoms with Gasteiger partial charge in [-0.2, -0.15) is 10.0 Å². The number of hydrogen-bond donors (Lipinski definition) is 1. The van der Waals surface area contributed by atoms with Crippen LogP contribution in [0.2, 0.25) is 5.82 Å². The van der Waals surface area contributed by atoms with E-state index in [4.69, 9.17) is 15.7 Å². The molecule has 0 saturated heterocycles. The van der Waals surface area contributed by atoms with Gasteiger partial charge in [-0.25, -0.2) is 0 Å². The fourth-order valence-electron chi connectivity index (χ4n) is 4.89. The number of aromatic nitrogens is 1. The number of benzene rings is 1. The lowest BCUT2D eigenvalue weighted by Gasteiger charge is -2.40. The number of anilines is 1. The van der Waals surface area contributed by atoms with Crippen LogP contribution in [0.4, 0.5) is 5.69 Å². The molecule has 178 valence electrons. The van der Waals surface area contributed by atoms with Gasteiger partial charge in [-0.05, 0) is 66.7 Å². The molecular formula is C26H35B2N3O2S. The van der Waals surface area contributed by atoms with Crippen molar-refractivity contribution in [2.45, 2.75) is 68.4 Å². The largest absolute Gasteiger partial charge is 0.357 e. The van der Waals surface area contributed by atoms with Crippen LogP contribution in [0.25, 0.3) is 0 Å². The normalized spacial score (nSPS) is 19.1. The Balaban J connectivity index is 1.44. The summed E-state index contributed by atoms with van der Waals surface area (Å²) in [7, 11) is 11.1. The molecule has 8 heteroatoms. The monoisotopic (exact) mass is 475 g/mol. The van der Waals surface area contributed by atoms with Crippen molar-refractivity contribution in [3.63, 3.8) is 0 Å². The number of fused-ring (bicyclic) bond motifs is 1. The summed E-state index contributed by atoms with van der Waals surface area (Å²) in [5.74, 6) is 0.688. The Morgan fingerprint density at radius 2 is 1.82 bits per heavy atom. The molecule has 1 aliphatic rings. The number of amides is 2.